The molecule has 1 aromatic carbocycles. The average Bonchev–Trinajstić information content (AvgIpc) is 2.97. The van der Waals surface area contributed by atoms with E-state index in [-0.39, 0.29) is 18.4 Å². The number of nitrogens with zero attached hydrogens (tertiary/aromatic N) is 2. The van der Waals surface area contributed by atoms with Gasteiger partial charge < -0.3 is 20.3 Å². The summed E-state index contributed by atoms with van der Waals surface area (Å²) in [5, 5.41) is 19.0. The molecular formula is C15H19FN4O3. The Hall–Kier alpha value is -2.48. The summed E-state index contributed by atoms with van der Waals surface area (Å²) in [4.78, 5) is 16.0. The monoisotopic (exact) mass is 322 g/mol. The lowest BCUT2D eigenvalue weighted by molar-refractivity contribution is 0.172. The topological polar surface area (TPSA) is 100 Å². The predicted octanol–water partition coefficient (Wildman–Crippen LogP) is 2.00. The molecule has 2 aromatic rings. The van der Waals surface area contributed by atoms with E-state index in [4.69, 9.17) is 4.52 Å². The molecular weight excluding hydrogens is 303 g/mol. The standard InChI is InChI=1S/C15H19FN4O3/c1-3-12(14-18-9(2)23-20-14)19-15(22)17-8-13(21)10-4-6-11(16)7-5-10/h4-7,12-13,21H,3,8H2,1-2H3,(H2,17,19,22). The molecule has 7 nitrogen and oxygen atoms in total. The maximum absolute atomic E-state index is 12.8. The van der Waals surface area contributed by atoms with Crippen molar-refractivity contribution in [3.8, 4) is 0 Å². The molecule has 2 unspecified atom stereocenters. The first-order chi connectivity index (χ1) is 11.0. The number of carbonyl (C=O) groups is 1. The third-order valence-electron chi connectivity index (χ3n) is 3.28. The molecule has 1 aromatic heterocycles. The lowest BCUT2D eigenvalue weighted by Crippen LogP contribution is -2.40. The maximum Gasteiger partial charge on any atom is 0.315 e. The van der Waals surface area contributed by atoms with Crippen LogP contribution in [0.25, 0.3) is 0 Å². The number of hydrogen-bond acceptors (Lipinski definition) is 5. The first-order valence-electron chi connectivity index (χ1n) is 7.27. The lowest BCUT2D eigenvalue weighted by atomic mass is 10.1. The zero-order chi connectivity index (χ0) is 16.8. The van der Waals surface area contributed by atoms with Gasteiger partial charge in [0.2, 0.25) is 5.89 Å². The second kappa shape index (κ2) is 7.68. The number of carbonyl (C=O) groups excluding carboxylic acids is 1. The van der Waals surface area contributed by atoms with E-state index in [1.807, 2.05) is 6.92 Å². The first-order valence-corrected chi connectivity index (χ1v) is 7.27. The molecule has 0 saturated heterocycles. The molecule has 0 fully saturated rings. The molecule has 3 N–H and O–H groups in total. The van der Waals surface area contributed by atoms with E-state index < -0.39 is 12.1 Å². The van der Waals surface area contributed by atoms with Crippen molar-refractivity contribution in [2.45, 2.75) is 32.4 Å². The molecule has 0 radical (unpaired) electrons. The van der Waals surface area contributed by atoms with Gasteiger partial charge in [0, 0.05) is 13.5 Å². The van der Waals surface area contributed by atoms with Crippen LogP contribution in [0.5, 0.6) is 0 Å². The summed E-state index contributed by atoms with van der Waals surface area (Å²) in [5.74, 6) is 0.444. The molecule has 0 aliphatic carbocycles. The van der Waals surface area contributed by atoms with Gasteiger partial charge in [0.1, 0.15) is 5.82 Å². The molecule has 1 heterocycles. The Balaban J connectivity index is 1.85. The zero-order valence-electron chi connectivity index (χ0n) is 12.9. The molecule has 0 aliphatic heterocycles. The van der Waals surface area contributed by atoms with E-state index in [0.717, 1.165) is 0 Å². The van der Waals surface area contributed by atoms with Gasteiger partial charge in [0.05, 0.1) is 12.1 Å². The largest absolute Gasteiger partial charge is 0.387 e. The summed E-state index contributed by atoms with van der Waals surface area (Å²) < 4.78 is 17.7. The van der Waals surface area contributed by atoms with Crippen LogP contribution in [0.4, 0.5) is 9.18 Å². The van der Waals surface area contributed by atoms with E-state index in [1.54, 1.807) is 6.92 Å². The fourth-order valence-electron chi connectivity index (χ4n) is 2.01. The Morgan fingerprint density at radius 3 is 2.65 bits per heavy atom. The van der Waals surface area contributed by atoms with Crippen molar-refractivity contribution < 1.29 is 18.8 Å². The van der Waals surface area contributed by atoms with Crippen molar-refractivity contribution in [3.05, 3.63) is 47.4 Å². The van der Waals surface area contributed by atoms with Crippen LogP contribution in [0.1, 0.15) is 42.8 Å². The van der Waals surface area contributed by atoms with E-state index in [1.165, 1.54) is 24.3 Å². The van der Waals surface area contributed by atoms with Crippen LogP contribution in [0, 0.1) is 12.7 Å². The van der Waals surface area contributed by atoms with Crippen LogP contribution < -0.4 is 10.6 Å². The van der Waals surface area contributed by atoms with Gasteiger partial charge in [0.15, 0.2) is 5.82 Å². The quantitative estimate of drug-likeness (QED) is 0.755. The van der Waals surface area contributed by atoms with Crippen LogP contribution in [0.2, 0.25) is 0 Å². The van der Waals surface area contributed by atoms with Crippen molar-refractivity contribution in [2.24, 2.45) is 0 Å². The number of urea groups is 1. The molecule has 2 atom stereocenters. The number of rotatable bonds is 6. The SMILES string of the molecule is CCC(NC(=O)NCC(O)c1ccc(F)cc1)c1noc(C)n1. The van der Waals surface area contributed by atoms with Crippen molar-refractivity contribution in [2.75, 3.05) is 6.54 Å². The lowest BCUT2D eigenvalue weighted by Gasteiger charge is -2.16. The Morgan fingerprint density at radius 1 is 1.39 bits per heavy atom. The summed E-state index contributed by atoms with van der Waals surface area (Å²) in [6, 6.07) is 4.61. The predicted molar refractivity (Wildman–Crippen MR) is 80.0 cm³/mol. The molecule has 0 bridgehead atoms. The number of aromatic nitrogens is 2. The third kappa shape index (κ3) is 4.75. The van der Waals surface area contributed by atoms with Gasteiger partial charge in [-0.25, -0.2) is 9.18 Å². The van der Waals surface area contributed by atoms with Crippen LogP contribution in [0.3, 0.4) is 0 Å². The smallest absolute Gasteiger partial charge is 0.315 e. The highest BCUT2D eigenvalue weighted by atomic mass is 19.1. The van der Waals surface area contributed by atoms with Crippen molar-refractivity contribution >= 4 is 6.03 Å². The Bertz CT molecular complexity index is 644. The first kappa shape index (κ1) is 16.9. The van der Waals surface area contributed by atoms with Gasteiger partial charge in [0.25, 0.3) is 0 Å². The molecule has 8 heteroatoms. The number of aliphatic hydroxyl groups excluding tert-OH is 1. The molecule has 0 saturated carbocycles. The molecule has 23 heavy (non-hydrogen) atoms. The summed E-state index contributed by atoms with van der Waals surface area (Å²) in [6.45, 7) is 3.55. The number of halogens is 1. The number of aryl methyl sites for hydroxylation is 1. The van der Waals surface area contributed by atoms with Crippen molar-refractivity contribution in [3.63, 3.8) is 0 Å². The number of nitrogens with one attached hydrogen (secondary N) is 2. The second-order valence-electron chi connectivity index (χ2n) is 5.05. The fourth-order valence-corrected chi connectivity index (χ4v) is 2.01. The highest BCUT2D eigenvalue weighted by molar-refractivity contribution is 5.74. The zero-order valence-corrected chi connectivity index (χ0v) is 12.9. The average molecular weight is 322 g/mol. The summed E-state index contributed by atoms with van der Waals surface area (Å²) in [6.07, 6.45) is -0.332. The highest BCUT2D eigenvalue weighted by Crippen LogP contribution is 2.14. The van der Waals surface area contributed by atoms with Gasteiger partial charge in [-0.15, -0.1) is 0 Å². The van der Waals surface area contributed by atoms with E-state index in [0.29, 0.717) is 23.7 Å². The van der Waals surface area contributed by atoms with Gasteiger partial charge in [-0.05, 0) is 24.1 Å². The van der Waals surface area contributed by atoms with Gasteiger partial charge in [-0.2, -0.15) is 4.98 Å². The summed E-state index contributed by atoms with van der Waals surface area (Å²) in [5.41, 5.74) is 0.521. The number of benzene rings is 1. The Kier molecular flexibility index (Phi) is 5.64. The van der Waals surface area contributed by atoms with Crippen molar-refractivity contribution in [1.29, 1.82) is 0 Å². The minimum Gasteiger partial charge on any atom is -0.387 e. The molecule has 2 amide bonds. The number of aliphatic hydroxyl groups is 1. The summed E-state index contributed by atoms with van der Waals surface area (Å²) >= 11 is 0. The third-order valence-corrected chi connectivity index (χ3v) is 3.28. The summed E-state index contributed by atoms with van der Waals surface area (Å²) in [7, 11) is 0. The van der Waals surface area contributed by atoms with Crippen LogP contribution in [-0.4, -0.2) is 27.8 Å². The molecule has 0 aliphatic rings. The number of hydrogen-bond donors (Lipinski definition) is 3. The number of amides is 2. The molecule has 0 spiro atoms. The van der Waals surface area contributed by atoms with Crippen LogP contribution >= 0.6 is 0 Å². The van der Waals surface area contributed by atoms with E-state index in [9.17, 15) is 14.3 Å². The minimum atomic E-state index is -0.922. The van der Waals surface area contributed by atoms with Crippen LogP contribution in [0.15, 0.2) is 28.8 Å². The highest BCUT2D eigenvalue weighted by Gasteiger charge is 2.18. The molecule has 124 valence electrons. The Morgan fingerprint density at radius 2 is 2.09 bits per heavy atom. The molecule has 2 rings (SSSR count). The van der Waals surface area contributed by atoms with E-state index >= 15 is 0 Å². The van der Waals surface area contributed by atoms with Gasteiger partial charge >= 0.3 is 6.03 Å². The van der Waals surface area contributed by atoms with E-state index in [2.05, 4.69) is 20.8 Å². The van der Waals surface area contributed by atoms with Crippen LogP contribution in [-0.2, 0) is 0 Å². The Labute approximate surface area is 132 Å². The van der Waals surface area contributed by atoms with Gasteiger partial charge in [-0.1, -0.05) is 24.2 Å². The van der Waals surface area contributed by atoms with Crippen molar-refractivity contribution in [1.82, 2.24) is 20.8 Å². The normalized spacial score (nSPS) is 13.4. The maximum atomic E-state index is 12.8. The second-order valence-corrected chi connectivity index (χ2v) is 5.05. The minimum absolute atomic E-state index is 0.000822. The van der Waals surface area contributed by atoms with Gasteiger partial charge in [-0.3, -0.25) is 0 Å². The fraction of sp³-hybridized carbons (Fsp3) is 0.400.